The largest absolute Gasteiger partial charge is 0.496 e. The second kappa shape index (κ2) is 6.42. The summed E-state index contributed by atoms with van der Waals surface area (Å²) >= 11 is 3.51. The van der Waals surface area contributed by atoms with E-state index in [4.69, 9.17) is 10.5 Å². The normalized spacial score (nSPS) is 12.2. The number of methoxy groups -OCH3 is 1. The second-order valence-electron chi connectivity index (χ2n) is 5.14. The van der Waals surface area contributed by atoms with Gasteiger partial charge < -0.3 is 10.5 Å². The van der Waals surface area contributed by atoms with E-state index >= 15 is 0 Å². The minimum atomic E-state index is 0.00944. The summed E-state index contributed by atoms with van der Waals surface area (Å²) in [5.74, 6) is 0.842. The van der Waals surface area contributed by atoms with Crippen LogP contribution in [0.2, 0.25) is 0 Å². The molecule has 0 bridgehead atoms. The Morgan fingerprint density at radius 1 is 1.15 bits per heavy atom. The van der Waals surface area contributed by atoms with Crippen molar-refractivity contribution in [1.29, 1.82) is 0 Å². The summed E-state index contributed by atoms with van der Waals surface area (Å²) in [6, 6.07) is 12.5. The molecule has 0 aromatic heterocycles. The zero-order valence-electron chi connectivity index (χ0n) is 12.1. The van der Waals surface area contributed by atoms with E-state index < -0.39 is 0 Å². The molecule has 0 amide bonds. The molecule has 2 rings (SSSR count). The SMILES string of the molecule is COc1ccc(CC(N)c2cc(C)ccc2C)cc1Br. The smallest absolute Gasteiger partial charge is 0.133 e. The molecule has 2 nitrogen and oxygen atoms in total. The molecule has 20 heavy (non-hydrogen) atoms. The lowest BCUT2D eigenvalue weighted by atomic mass is 9.94. The summed E-state index contributed by atoms with van der Waals surface area (Å²) in [4.78, 5) is 0. The molecule has 0 aliphatic heterocycles. The Labute approximate surface area is 129 Å². The summed E-state index contributed by atoms with van der Waals surface area (Å²) in [6.45, 7) is 4.21. The second-order valence-corrected chi connectivity index (χ2v) is 5.99. The molecule has 1 unspecified atom stereocenters. The third-order valence-electron chi connectivity index (χ3n) is 3.51. The highest BCUT2D eigenvalue weighted by Crippen LogP contribution is 2.28. The standard InChI is InChI=1S/C17H20BrNO/c1-11-4-5-12(2)14(8-11)16(19)10-13-6-7-17(20-3)15(18)9-13/h4-9,16H,10,19H2,1-3H3. The highest BCUT2D eigenvalue weighted by atomic mass is 79.9. The number of ether oxygens (including phenoxy) is 1. The van der Waals surface area contributed by atoms with Gasteiger partial charge in [0, 0.05) is 6.04 Å². The van der Waals surface area contributed by atoms with Gasteiger partial charge in [-0.1, -0.05) is 29.8 Å². The van der Waals surface area contributed by atoms with Crippen LogP contribution in [0.1, 0.15) is 28.3 Å². The zero-order chi connectivity index (χ0) is 14.7. The Hall–Kier alpha value is -1.32. The topological polar surface area (TPSA) is 35.2 Å². The van der Waals surface area contributed by atoms with E-state index in [9.17, 15) is 0 Å². The maximum Gasteiger partial charge on any atom is 0.133 e. The fraction of sp³-hybridized carbons (Fsp3) is 0.294. The Bertz CT molecular complexity index is 610. The maximum absolute atomic E-state index is 6.37. The lowest BCUT2D eigenvalue weighted by molar-refractivity contribution is 0.412. The number of rotatable bonds is 4. The quantitative estimate of drug-likeness (QED) is 0.904. The van der Waals surface area contributed by atoms with E-state index in [2.05, 4.69) is 60.1 Å². The molecule has 0 saturated heterocycles. The van der Waals surface area contributed by atoms with Gasteiger partial charge >= 0.3 is 0 Å². The maximum atomic E-state index is 6.37. The van der Waals surface area contributed by atoms with Gasteiger partial charge in [0.05, 0.1) is 11.6 Å². The molecule has 106 valence electrons. The Balaban J connectivity index is 2.21. The van der Waals surface area contributed by atoms with Crippen molar-refractivity contribution in [1.82, 2.24) is 0 Å². The van der Waals surface area contributed by atoms with Crippen LogP contribution in [0.15, 0.2) is 40.9 Å². The highest BCUT2D eigenvalue weighted by Gasteiger charge is 2.11. The summed E-state index contributed by atoms with van der Waals surface area (Å²) in [5.41, 5.74) is 11.3. The van der Waals surface area contributed by atoms with Crippen LogP contribution in [0.4, 0.5) is 0 Å². The highest BCUT2D eigenvalue weighted by molar-refractivity contribution is 9.10. The van der Waals surface area contributed by atoms with Crippen molar-refractivity contribution in [3.63, 3.8) is 0 Å². The van der Waals surface area contributed by atoms with E-state index in [0.717, 1.165) is 16.6 Å². The summed E-state index contributed by atoms with van der Waals surface area (Å²) in [6.07, 6.45) is 0.812. The van der Waals surface area contributed by atoms with E-state index in [1.54, 1.807) is 7.11 Å². The van der Waals surface area contributed by atoms with Gasteiger partial charge in [-0.05, 0) is 65.0 Å². The molecular formula is C17H20BrNO. The molecule has 0 saturated carbocycles. The minimum absolute atomic E-state index is 0.00944. The monoisotopic (exact) mass is 333 g/mol. The molecule has 0 heterocycles. The van der Waals surface area contributed by atoms with Gasteiger partial charge in [0.15, 0.2) is 0 Å². The first-order chi connectivity index (χ1) is 9.51. The number of hydrogen-bond acceptors (Lipinski definition) is 2. The minimum Gasteiger partial charge on any atom is -0.496 e. The van der Waals surface area contributed by atoms with Crippen molar-refractivity contribution in [2.75, 3.05) is 7.11 Å². The molecular weight excluding hydrogens is 314 g/mol. The molecule has 0 fully saturated rings. The first-order valence-electron chi connectivity index (χ1n) is 6.66. The fourth-order valence-electron chi connectivity index (χ4n) is 2.36. The molecule has 0 radical (unpaired) electrons. The predicted octanol–water partition coefficient (Wildman–Crippen LogP) is 4.32. The van der Waals surface area contributed by atoms with Crippen molar-refractivity contribution in [3.05, 3.63) is 63.1 Å². The molecule has 0 spiro atoms. The Morgan fingerprint density at radius 3 is 2.55 bits per heavy atom. The van der Waals surface area contributed by atoms with Crippen LogP contribution in [-0.2, 0) is 6.42 Å². The van der Waals surface area contributed by atoms with Gasteiger partial charge in [-0.3, -0.25) is 0 Å². The first kappa shape index (κ1) is 15.1. The zero-order valence-corrected chi connectivity index (χ0v) is 13.7. The van der Waals surface area contributed by atoms with Crippen LogP contribution in [0.3, 0.4) is 0 Å². The van der Waals surface area contributed by atoms with E-state index in [0.29, 0.717) is 0 Å². The number of nitrogens with two attached hydrogens (primary N) is 1. The van der Waals surface area contributed by atoms with Gasteiger partial charge in [-0.25, -0.2) is 0 Å². The van der Waals surface area contributed by atoms with Gasteiger partial charge in [0.1, 0.15) is 5.75 Å². The van der Waals surface area contributed by atoms with Crippen molar-refractivity contribution in [2.24, 2.45) is 5.73 Å². The van der Waals surface area contributed by atoms with Gasteiger partial charge in [0.2, 0.25) is 0 Å². The molecule has 2 N–H and O–H groups in total. The van der Waals surface area contributed by atoms with Crippen molar-refractivity contribution >= 4 is 15.9 Å². The van der Waals surface area contributed by atoms with Crippen molar-refractivity contribution in [2.45, 2.75) is 26.3 Å². The first-order valence-corrected chi connectivity index (χ1v) is 7.45. The lowest BCUT2D eigenvalue weighted by Gasteiger charge is -2.16. The van der Waals surface area contributed by atoms with Crippen LogP contribution in [0.5, 0.6) is 5.75 Å². The van der Waals surface area contributed by atoms with Crippen LogP contribution in [0, 0.1) is 13.8 Å². The Morgan fingerprint density at radius 2 is 1.90 bits per heavy atom. The molecule has 2 aromatic carbocycles. The van der Waals surface area contributed by atoms with Crippen LogP contribution >= 0.6 is 15.9 Å². The third kappa shape index (κ3) is 3.41. The predicted molar refractivity (Wildman–Crippen MR) is 87.2 cm³/mol. The molecule has 2 aromatic rings. The van der Waals surface area contributed by atoms with Gasteiger partial charge in [-0.2, -0.15) is 0 Å². The van der Waals surface area contributed by atoms with Crippen molar-refractivity contribution in [3.8, 4) is 5.75 Å². The third-order valence-corrected chi connectivity index (χ3v) is 4.13. The van der Waals surface area contributed by atoms with Crippen LogP contribution < -0.4 is 10.5 Å². The molecule has 0 aliphatic carbocycles. The number of aryl methyl sites for hydroxylation is 2. The number of benzene rings is 2. The van der Waals surface area contributed by atoms with Crippen LogP contribution in [-0.4, -0.2) is 7.11 Å². The molecule has 1 atom stereocenters. The Kier molecular flexibility index (Phi) is 4.84. The summed E-state index contributed by atoms with van der Waals surface area (Å²) < 4.78 is 6.21. The van der Waals surface area contributed by atoms with Crippen molar-refractivity contribution < 1.29 is 4.74 Å². The average molecular weight is 334 g/mol. The molecule has 0 aliphatic rings. The van der Waals surface area contributed by atoms with Gasteiger partial charge in [0.25, 0.3) is 0 Å². The van der Waals surface area contributed by atoms with E-state index in [1.807, 2.05) is 6.07 Å². The summed E-state index contributed by atoms with van der Waals surface area (Å²) in [5, 5.41) is 0. The number of hydrogen-bond donors (Lipinski definition) is 1. The molecule has 3 heteroatoms. The average Bonchev–Trinajstić information content (AvgIpc) is 2.41. The number of halogens is 1. The fourth-order valence-corrected chi connectivity index (χ4v) is 2.95. The van der Waals surface area contributed by atoms with E-state index in [1.165, 1.54) is 22.3 Å². The van der Waals surface area contributed by atoms with Gasteiger partial charge in [-0.15, -0.1) is 0 Å². The lowest BCUT2D eigenvalue weighted by Crippen LogP contribution is -2.15. The van der Waals surface area contributed by atoms with Crippen LogP contribution in [0.25, 0.3) is 0 Å². The van der Waals surface area contributed by atoms with E-state index in [-0.39, 0.29) is 6.04 Å². The summed E-state index contributed by atoms with van der Waals surface area (Å²) in [7, 11) is 1.67.